The standard InChI is InChI=1S/C18H20N4O3/c23-11-18(6-12-3-1-2-4-13(12)7-18)21-17(25)14-5-16(24)22(10-14)15-8-19-20-9-15/h1-4,8-9,14,23H,5-7,10-11H2,(H,19,20)(H,21,25). The van der Waals surface area contributed by atoms with E-state index in [1.165, 1.54) is 0 Å². The van der Waals surface area contributed by atoms with Gasteiger partial charge in [-0.15, -0.1) is 0 Å². The number of carbonyl (C=O) groups excluding carboxylic acids is 2. The van der Waals surface area contributed by atoms with Crippen LogP contribution in [0, 0.1) is 5.92 Å². The summed E-state index contributed by atoms with van der Waals surface area (Å²) in [5, 5.41) is 19.5. The number of H-pyrrole nitrogens is 1. The molecule has 0 spiro atoms. The fraction of sp³-hybridized carbons (Fsp3) is 0.389. The van der Waals surface area contributed by atoms with Crippen LogP contribution in [0.1, 0.15) is 17.5 Å². The number of nitrogens with zero attached hydrogens (tertiary/aromatic N) is 2. The monoisotopic (exact) mass is 340 g/mol. The van der Waals surface area contributed by atoms with Gasteiger partial charge in [0.2, 0.25) is 11.8 Å². The van der Waals surface area contributed by atoms with Crippen LogP contribution in [0.4, 0.5) is 5.69 Å². The summed E-state index contributed by atoms with van der Waals surface area (Å²) >= 11 is 0. The number of hydrogen-bond acceptors (Lipinski definition) is 4. The Morgan fingerprint density at radius 3 is 2.68 bits per heavy atom. The highest BCUT2D eigenvalue weighted by atomic mass is 16.3. The van der Waals surface area contributed by atoms with Crippen molar-refractivity contribution in [1.29, 1.82) is 0 Å². The van der Waals surface area contributed by atoms with Crippen molar-refractivity contribution >= 4 is 17.5 Å². The number of aliphatic hydroxyl groups excluding tert-OH is 1. The van der Waals surface area contributed by atoms with E-state index in [1.54, 1.807) is 17.3 Å². The third-order valence-electron chi connectivity index (χ3n) is 5.16. The molecule has 2 amide bonds. The number of rotatable bonds is 4. The van der Waals surface area contributed by atoms with Gasteiger partial charge in [-0.05, 0) is 24.0 Å². The highest BCUT2D eigenvalue weighted by Crippen LogP contribution is 2.31. The molecule has 7 nitrogen and oxygen atoms in total. The van der Waals surface area contributed by atoms with Gasteiger partial charge in [-0.3, -0.25) is 14.7 Å². The number of fused-ring (bicyclic) bond motifs is 1. The minimum atomic E-state index is -0.674. The molecule has 1 aliphatic heterocycles. The van der Waals surface area contributed by atoms with Crippen LogP contribution in [0.15, 0.2) is 36.7 Å². The third kappa shape index (κ3) is 2.80. The van der Waals surface area contributed by atoms with Crippen molar-refractivity contribution in [2.24, 2.45) is 5.92 Å². The Labute approximate surface area is 145 Å². The van der Waals surface area contributed by atoms with Crippen molar-refractivity contribution in [1.82, 2.24) is 15.5 Å². The number of aromatic amines is 1. The SMILES string of the molecule is O=C(NC1(CO)Cc2ccccc2C1)C1CC(=O)N(c2cn[nH]c2)C1. The molecule has 0 radical (unpaired) electrons. The fourth-order valence-electron chi connectivity index (χ4n) is 3.82. The van der Waals surface area contributed by atoms with Gasteiger partial charge in [0.1, 0.15) is 0 Å². The number of aromatic nitrogens is 2. The average molecular weight is 340 g/mol. The number of carbonyl (C=O) groups is 2. The molecular weight excluding hydrogens is 320 g/mol. The molecule has 130 valence electrons. The third-order valence-corrected chi connectivity index (χ3v) is 5.16. The van der Waals surface area contributed by atoms with Gasteiger partial charge in [-0.2, -0.15) is 5.10 Å². The van der Waals surface area contributed by atoms with Crippen molar-refractivity contribution in [2.45, 2.75) is 24.8 Å². The Kier molecular flexibility index (Phi) is 3.80. The van der Waals surface area contributed by atoms with Crippen LogP contribution >= 0.6 is 0 Å². The maximum absolute atomic E-state index is 12.8. The van der Waals surface area contributed by atoms with Crippen LogP contribution in [0.5, 0.6) is 0 Å². The number of aliphatic hydroxyl groups is 1. The highest BCUT2D eigenvalue weighted by Gasteiger charge is 2.42. The van der Waals surface area contributed by atoms with Crippen molar-refractivity contribution in [3.05, 3.63) is 47.8 Å². The summed E-state index contributed by atoms with van der Waals surface area (Å²) < 4.78 is 0. The zero-order valence-corrected chi connectivity index (χ0v) is 13.7. The predicted molar refractivity (Wildman–Crippen MR) is 90.9 cm³/mol. The normalized spacial score (nSPS) is 21.4. The van der Waals surface area contributed by atoms with Gasteiger partial charge >= 0.3 is 0 Å². The quantitative estimate of drug-likeness (QED) is 0.751. The second-order valence-corrected chi connectivity index (χ2v) is 6.91. The van der Waals surface area contributed by atoms with E-state index < -0.39 is 11.5 Å². The number of nitrogens with one attached hydrogen (secondary N) is 2. The van der Waals surface area contributed by atoms with E-state index in [0.29, 0.717) is 25.1 Å². The molecule has 25 heavy (non-hydrogen) atoms. The molecule has 1 unspecified atom stereocenters. The van der Waals surface area contributed by atoms with Gasteiger partial charge in [0.25, 0.3) is 0 Å². The summed E-state index contributed by atoms with van der Waals surface area (Å²) in [7, 11) is 0. The van der Waals surface area contributed by atoms with Crippen LogP contribution < -0.4 is 10.2 Å². The van der Waals surface area contributed by atoms with Crippen LogP contribution in [0.25, 0.3) is 0 Å². The largest absolute Gasteiger partial charge is 0.394 e. The summed E-state index contributed by atoms with van der Waals surface area (Å²) in [6.45, 7) is 0.207. The Bertz CT molecular complexity index is 777. The van der Waals surface area contributed by atoms with Gasteiger partial charge in [0, 0.05) is 19.2 Å². The number of anilines is 1. The van der Waals surface area contributed by atoms with E-state index in [2.05, 4.69) is 15.5 Å². The van der Waals surface area contributed by atoms with E-state index in [9.17, 15) is 14.7 Å². The second-order valence-electron chi connectivity index (χ2n) is 6.91. The molecule has 2 heterocycles. The number of amides is 2. The van der Waals surface area contributed by atoms with Crippen molar-refractivity contribution in [3.63, 3.8) is 0 Å². The average Bonchev–Trinajstić information content (AvgIpc) is 3.32. The van der Waals surface area contributed by atoms with Crippen molar-refractivity contribution in [2.75, 3.05) is 18.1 Å². The molecule has 2 aromatic rings. The first kappa shape index (κ1) is 15.8. The molecular formula is C18H20N4O3. The lowest BCUT2D eigenvalue weighted by atomic mass is 9.95. The summed E-state index contributed by atoms with van der Waals surface area (Å²) in [5.74, 6) is -0.690. The Morgan fingerprint density at radius 2 is 2.08 bits per heavy atom. The topological polar surface area (TPSA) is 98.3 Å². The molecule has 1 saturated heterocycles. The first-order chi connectivity index (χ1) is 12.1. The van der Waals surface area contributed by atoms with Crippen LogP contribution in [-0.2, 0) is 22.4 Å². The molecule has 1 atom stereocenters. The molecule has 1 aromatic carbocycles. The van der Waals surface area contributed by atoms with E-state index in [-0.39, 0.29) is 24.8 Å². The molecule has 1 fully saturated rings. The van der Waals surface area contributed by atoms with Gasteiger partial charge in [0.15, 0.2) is 0 Å². The van der Waals surface area contributed by atoms with E-state index >= 15 is 0 Å². The molecule has 1 aromatic heterocycles. The maximum atomic E-state index is 12.8. The summed E-state index contributed by atoms with van der Waals surface area (Å²) in [5.41, 5.74) is 2.30. The summed E-state index contributed by atoms with van der Waals surface area (Å²) in [6, 6.07) is 7.98. The lowest BCUT2D eigenvalue weighted by Crippen LogP contribution is -2.54. The first-order valence-electron chi connectivity index (χ1n) is 8.39. The van der Waals surface area contributed by atoms with E-state index in [0.717, 1.165) is 11.1 Å². The minimum Gasteiger partial charge on any atom is -0.394 e. The Hall–Kier alpha value is -2.67. The van der Waals surface area contributed by atoms with E-state index in [1.807, 2.05) is 24.3 Å². The minimum absolute atomic E-state index is 0.0886. The summed E-state index contributed by atoms with van der Waals surface area (Å²) in [4.78, 5) is 26.5. The molecule has 0 bridgehead atoms. The smallest absolute Gasteiger partial charge is 0.227 e. The molecule has 3 N–H and O–H groups in total. The number of benzene rings is 1. The second kappa shape index (κ2) is 6.00. The van der Waals surface area contributed by atoms with Crippen LogP contribution in [0.2, 0.25) is 0 Å². The summed E-state index contributed by atoms with van der Waals surface area (Å²) in [6.07, 6.45) is 4.60. The molecule has 1 aliphatic carbocycles. The van der Waals surface area contributed by atoms with Crippen molar-refractivity contribution in [3.8, 4) is 0 Å². The van der Waals surface area contributed by atoms with Gasteiger partial charge in [-0.1, -0.05) is 24.3 Å². The Balaban J connectivity index is 1.46. The lowest BCUT2D eigenvalue weighted by molar-refractivity contribution is -0.128. The van der Waals surface area contributed by atoms with Gasteiger partial charge < -0.3 is 15.3 Å². The van der Waals surface area contributed by atoms with E-state index in [4.69, 9.17) is 0 Å². The predicted octanol–water partition coefficient (Wildman–Crippen LogP) is 0.409. The van der Waals surface area contributed by atoms with Crippen LogP contribution in [0.3, 0.4) is 0 Å². The maximum Gasteiger partial charge on any atom is 0.227 e. The first-order valence-corrected chi connectivity index (χ1v) is 8.39. The fourth-order valence-corrected chi connectivity index (χ4v) is 3.82. The van der Waals surface area contributed by atoms with Gasteiger partial charge in [0.05, 0.1) is 29.9 Å². The zero-order valence-electron chi connectivity index (χ0n) is 13.7. The molecule has 4 rings (SSSR count). The highest BCUT2D eigenvalue weighted by molar-refractivity contribution is 6.00. The molecule has 0 saturated carbocycles. The molecule has 2 aliphatic rings. The lowest BCUT2D eigenvalue weighted by Gasteiger charge is -2.29. The molecule has 7 heteroatoms. The Morgan fingerprint density at radius 1 is 1.36 bits per heavy atom. The van der Waals surface area contributed by atoms with Crippen molar-refractivity contribution < 1.29 is 14.7 Å². The zero-order chi connectivity index (χ0) is 17.4. The number of hydrogen-bond donors (Lipinski definition) is 3. The van der Waals surface area contributed by atoms with Crippen LogP contribution in [-0.4, -0.2) is 45.8 Å². The van der Waals surface area contributed by atoms with Gasteiger partial charge in [-0.25, -0.2) is 0 Å².